The summed E-state index contributed by atoms with van der Waals surface area (Å²) in [4.78, 5) is 10.8. The minimum Gasteiger partial charge on any atom is -0.294 e. The number of hydrogen-bond acceptors (Lipinski definition) is 2. The molecular formula is C48H30N4. The molecule has 0 N–H and O–H groups in total. The van der Waals surface area contributed by atoms with Gasteiger partial charge in [0.2, 0.25) is 5.95 Å². The number of benzene rings is 7. The minimum atomic E-state index is 0.161. The molecule has 0 fully saturated rings. The molecule has 0 amide bonds. The lowest BCUT2D eigenvalue weighted by atomic mass is 9.60. The number of hydrogen-bond donors (Lipinski definition) is 0. The van der Waals surface area contributed by atoms with Gasteiger partial charge in [0.15, 0.2) is 0 Å². The zero-order valence-corrected chi connectivity index (χ0v) is 28.1. The van der Waals surface area contributed by atoms with Gasteiger partial charge < -0.3 is 0 Å². The largest absolute Gasteiger partial charge is 0.294 e. The first-order valence-corrected chi connectivity index (χ1v) is 18.0. The molecular weight excluding hydrogens is 633 g/mol. The van der Waals surface area contributed by atoms with Gasteiger partial charge in [-0.1, -0.05) is 140 Å². The summed E-state index contributed by atoms with van der Waals surface area (Å²) < 4.78 is 4.60. The molecule has 7 aromatic carbocycles. The quantitative estimate of drug-likeness (QED) is 0.189. The van der Waals surface area contributed by atoms with Gasteiger partial charge in [0, 0.05) is 45.0 Å². The molecule has 0 aliphatic heterocycles. The highest BCUT2D eigenvalue weighted by atomic mass is 15.2. The zero-order chi connectivity index (χ0) is 33.9. The summed E-state index contributed by atoms with van der Waals surface area (Å²) in [6.07, 6.45) is 0. The van der Waals surface area contributed by atoms with Crippen LogP contribution in [0.15, 0.2) is 170 Å². The number of fused-ring (bicyclic) bond motifs is 6. The van der Waals surface area contributed by atoms with Gasteiger partial charge in [-0.2, -0.15) is 4.98 Å². The van der Waals surface area contributed by atoms with Crippen LogP contribution in [0, 0.1) is 0 Å². The topological polar surface area (TPSA) is 35.6 Å². The molecule has 3 aliphatic rings. The second-order valence-corrected chi connectivity index (χ2v) is 14.1. The van der Waals surface area contributed by atoms with E-state index in [1.54, 1.807) is 0 Å². The van der Waals surface area contributed by atoms with Crippen molar-refractivity contribution in [2.24, 2.45) is 0 Å². The molecule has 13 rings (SSSR count). The average Bonchev–Trinajstić information content (AvgIpc) is 3.74. The summed E-state index contributed by atoms with van der Waals surface area (Å²) in [7, 11) is 0. The van der Waals surface area contributed by atoms with E-state index in [4.69, 9.17) is 9.97 Å². The summed E-state index contributed by atoms with van der Waals surface area (Å²) in [6.45, 7) is 0. The maximum Gasteiger partial charge on any atom is 0.237 e. The Balaban J connectivity index is 1.19. The van der Waals surface area contributed by atoms with E-state index in [1.807, 2.05) is 0 Å². The Morgan fingerprint density at radius 2 is 0.904 bits per heavy atom. The Hall–Kier alpha value is -6.78. The lowest BCUT2D eigenvalue weighted by Crippen LogP contribution is -2.27. The number of nitrogens with zero attached hydrogens (tertiary/aromatic N) is 4. The molecule has 0 unspecified atom stereocenters. The molecule has 0 radical (unpaired) electrons. The average molecular weight is 663 g/mol. The summed E-state index contributed by atoms with van der Waals surface area (Å²) in [6, 6.07) is 61.5. The molecule has 242 valence electrons. The minimum absolute atomic E-state index is 0.161. The molecule has 3 aromatic heterocycles. The molecule has 4 heteroatoms. The van der Waals surface area contributed by atoms with Crippen molar-refractivity contribution >= 4 is 43.6 Å². The standard InChI is InChI=1S/C48H30N4/c1-2-14-29(15-3-1)38-28-43(50-48(49-38)52-39-23-11-8-16-30(39)31-17-9-12-24-40(31)52)51-41-25-13-10-22-36(41)46-42(51)27-26-37-44-32-18-4-6-20-34(32)45(47(37)46)35-21-7-5-19-33(35)44/h1-28,44-45H. The van der Waals surface area contributed by atoms with E-state index in [1.165, 1.54) is 54.9 Å². The van der Waals surface area contributed by atoms with Crippen LogP contribution in [0.1, 0.15) is 45.2 Å². The molecule has 2 bridgehead atoms. The first-order chi connectivity index (χ1) is 25.8. The van der Waals surface area contributed by atoms with Crippen molar-refractivity contribution in [1.82, 2.24) is 19.1 Å². The van der Waals surface area contributed by atoms with Crippen LogP contribution >= 0.6 is 0 Å². The Bertz CT molecular complexity index is 2990. The summed E-state index contributed by atoms with van der Waals surface area (Å²) in [5.41, 5.74) is 15.0. The SMILES string of the molecule is c1ccc(-c2cc(-n3c4ccccc4c4c5c(ccc43)C3c4ccccc4C5c4ccccc43)nc(-n3c4ccccc4c4ccccc43)n2)cc1. The van der Waals surface area contributed by atoms with Crippen molar-refractivity contribution < 1.29 is 0 Å². The predicted molar refractivity (Wildman–Crippen MR) is 211 cm³/mol. The number of para-hydroxylation sites is 3. The van der Waals surface area contributed by atoms with Gasteiger partial charge >= 0.3 is 0 Å². The lowest BCUT2D eigenvalue weighted by Gasteiger charge is -2.42. The molecule has 0 atom stereocenters. The van der Waals surface area contributed by atoms with Gasteiger partial charge in [-0.3, -0.25) is 9.13 Å². The highest BCUT2D eigenvalue weighted by molar-refractivity contribution is 6.12. The van der Waals surface area contributed by atoms with Gasteiger partial charge in [0.25, 0.3) is 0 Å². The Labute approximate surface area is 299 Å². The Kier molecular flexibility index (Phi) is 5.58. The van der Waals surface area contributed by atoms with E-state index in [2.05, 4.69) is 179 Å². The Morgan fingerprint density at radius 3 is 1.54 bits per heavy atom. The van der Waals surface area contributed by atoms with E-state index in [-0.39, 0.29) is 11.8 Å². The van der Waals surface area contributed by atoms with Crippen molar-refractivity contribution in [3.63, 3.8) is 0 Å². The zero-order valence-electron chi connectivity index (χ0n) is 28.1. The van der Waals surface area contributed by atoms with Crippen LogP contribution < -0.4 is 0 Å². The van der Waals surface area contributed by atoms with Gasteiger partial charge in [-0.25, -0.2) is 4.98 Å². The monoisotopic (exact) mass is 662 g/mol. The molecule has 4 nitrogen and oxygen atoms in total. The van der Waals surface area contributed by atoms with Crippen molar-refractivity contribution in [1.29, 1.82) is 0 Å². The van der Waals surface area contributed by atoms with Crippen LogP contribution in [0.25, 0.3) is 66.6 Å². The van der Waals surface area contributed by atoms with Gasteiger partial charge in [0.1, 0.15) is 5.82 Å². The van der Waals surface area contributed by atoms with Crippen LogP contribution in [0.4, 0.5) is 0 Å². The summed E-state index contributed by atoms with van der Waals surface area (Å²) in [5.74, 6) is 1.87. The maximum absolute atomic E-state index is 5.49. The van der Waals surface area contributed by atoms with E-state index in [9.17, 15) is 0 Å². The van der Waals surface area contributed by atoms with Crippen LogP contribution in [0.3, 0.4) is 0 Å². The van der Waals surface area contributed by atoms with Gasteiger partial charge in [0.05, 0.1) is 27.8 Å². The van der Waals surface area contributed by atoms with Gasteiger partial charge in [-0.15, -0.1) is 0 Å². The van der Waals surface area contributed by atoms with E-state index in [0.717, 1.165) is 39.1 Å². The van der Waals surface area contributed by atoms with Gasteiger partial charge in [-0.05, 0) is 57.6 Å². The van der Waals surface area contributed by atoms with Crippen molar-refractivity contribution in [2.75, 3.05) is 0 Å². The summed E-state index contributed by atoms with van der Waals surface area (Å²) >= 11 is 0. The molecule has 10 aromatic rings. The number of aromatic nitrogens is 4. The highest BCUT2D eigenvalue weighted by Gasteiger charge is 2.42. The van der Waals surface area contributed by atoms with Crippen LogP contribution in [-0.2, 0) is 0 Å². The highest BCUT2D eigenvalue weighted by Crippen LogP contribution is 2.58. The third kappa shape index (κ3) is 3.65. The normalized spacial score (nSPS) is 15.7. The first kappa shape index (κ1) is 28.0. The lowest BCUT2D eigenvalue weighted by molar-refractivity contribution is 0.761. The van der Waals surface area contributed by atoms with Crippen molar-refractivity contribution in [3.8, 4) is 23.0 Å². The molecule has 3 aliphatic carbocycles. The molecule has 52 heavy (non-hydrogen) atoms. The smallest absolute Gasteiger partial charge is 0.237 e. The maximum atomic E-state index is 5.49. The van der Waals surface area contributed by atoms with Crippen molar-refractivity contribution in [2.45, 2.75) is 11.8 Å². The molecule has 0 saturated heterocycles. The molecule has 0 saturated carbocycles. The fourth-order valence-corrected chi connectivity index (χ4v) is 9.50. The summed E-state index contributed by atoms with van der Waals surface area (Å²) in [5, 5.41) is 4.93. The molecule has 3 heterocycles. The first-order valence-electron chi connectivity index (χ1n) is 18.0. The third-order valence-corrected chi connectivity index (χ3v) is 11.5. The predicted octanol–water partition coefficient (Wildman–Crippen LogP) is 11.3. The van der Waals surface area contributed by atoms with Crippen LogP contribution in [-0.4, -0.2) is 19.1 Å². The second kappa shape index (κ2) is 10.4. The van der Waals surface area contributed by atoms with E-state index < -0.39 is 0 Å². The van der Waals surface area contributed by atoms with Crippen LogP contribution in [0.2, 0.25) is 0 Å². The molecule has 0 spiro atoms. The van der Waals surface area contributed by atoms with E-state index in [0.29, 0.717) is 5.95 Å². The fourth-order valence-electron chi connectivity index (χ4n) is 9.50. The third-order valence-electron chi connectivity index (χ3n) is 11.5. The van der Waals surface area contributed by atoms with Crippen LogP contribution in [0.5, 0.6) is 0 Å². The fraction of sp³-hybridized carbons (Fsp3) is 0.0417. The van der Waals surface area contributed by atoms with Crippen molar-refractivity contribution in [3.05, 3.63) is 203 Å². The number of rotatable bonds is 3. The Morgan fingerprint density at radius 1 is 0.385 bits per heavy atom. The van der Waals surface area contributed by atoms with E-state index >= 15 is 0 Å². The second-order valence-electron chi connectivity index (χ2n) is 14.1.